The smallest absolute Gasteiger partial charge is 0.363 e. The Hall–Kier alpha value is -3.81. The molecule has 0 fully saturated rings. The Morgan fingerprint density at radius 3 is 2.50 bits per heavy atom. The number of carboxylic acids is 1. The van der Waals surface area contributed by atoms with Gasteiger partial charge in [-0.3, -0.25) is 0 Å². The van der Waals surface area contributed by atoms with Crippen LogP contribution in [0.4, 0.5) is 0 Å². The lowest BCUT2D eigenvalue weighted by atomic mass is 10.1. The van der Waals surface area contributed by atoms with Crippen LogP contribution >= 0.6 is 0 Å². The number of hydrogen-bond acceptors (Lipinski definition) is 7. The minimum Gasteiger partial charge on any atom is -0.490 e. The molecule has 156 valence electrons. The first kappa shape index (κ1) is 20.9. The molecule has 1 aliphatic rings. The maximum atomic E-state index is 12.3. The van der Waals surface area contributed by atoms with E-state index in [9.17, 15) is 9.59 Å². The molecule has 8 heteroatoms. The number of esters is 1. The SMILES string of the molecule is CCOc1ccc(C2=NC(=Cc3ccccc3OCC(=O)O)C(=O)O2)cc1OCC. The van der Waals surface area contributed by atoms with Crippen LogP contribution in [0.2, 0.25) is 0 Å². The zero-order valence-corrected chi connectivity index (χ0v) is 16.6. The molecule has 0 spiro atoms. The molecule has 1 N–H and O–H groups in total. The predicted octanol–water partition coefficient (Wildman–Crippen LogP) is 3.29. The van der Waals surface area contributed by atoms with E-state index in [1.165, 1.54) is 6.08 Å². The van der Waals surface area contributed by atoms with Gasteiger partial charge < -0.3 is 24.1 Å². The molecule has 0 amide bonds. The second-order valence-corrected chi connectivity index (χ2v) is 6.08. The normalized spacial score (nSPS) is 14.3. The van der Waals surface area contributed by atoms with E-state index in [4.69, 9.17) is 24.1 Å². The molecule has 0 bridgehead atoms. The summed E-state index contributed by atoms with van der Waals surface area (Å²) in [7, 11) is 0. The maximum Gasteiger partial charge on any atom is 0.363 e. The summed E-state index contributed by atoms with van der Waals surface area (Å²) < 4.78 is 21.7. The molecule has 2 aromatic rings. The van der Waals surface area contributed by atoms with Crippen LogP contribution in [0.25, 0.3) is 6.08 Å². The highest BCUT2D eigenvalue weighted by atomic mass is 16.6. The monoisotopic (exact) mass is 411 g/mol. The van der Waals surface area contributed by atoms with Crippen molar-refractivity contribution >= 4 is 23.9 Å². The molecule has 1 aliphatic heterocycles. The number of carbonyl (C=O) groups is 2. The Morgan fingerprint density at radius 1 is 1.03 bits per heavy atom. The van der Waals surface area contributed by atoms with Crippen molar-refractivity contribution in [2.75, 3.05) is 19.8 Å². The standard InChI is InChI=1S/C22H21NO7/c1-3-27-18-10-9-15(12-19(18)28-4-2)21-23-16(22(26)30-21)11-14-7-5-6-8-17(14)29-13-20(24)25/h5-12H,3-4,13H2,1-2H3,(H,24,25). The highest BCUT2D eigenvalue weighted by Crippen LogP contribution is 2.31. The zero-order valence-electron chi connectivity index (χ0n) is 16.6. The first-order valence-electron chi connectivity index (χ1n) is 9.38. The third-order valence-electron chi connectivity index (χ3n) is 3.97. The van der Waals surface area contributed by atoms with Gasteiger partial charge in [0.2, 0.25) is 5.90 Å². The topological polar surface area (TPSA) is 104 Å². The van der Waals surface area contributed by atoms with Gasteiger partial charge in [0.1, 0.15) is 5.75 Å². The number of benzene rings is 2. The number of cyclic esters (lactones) is 1. The van der Waals surface area contributed by atoms with E-state index in [1.54, 1.807) is 42.5 Å². The van der Waals surface area contributed by atoms with Gasteiger partial charge in [-0.05, 0) is 44.2 Å². The van der Waals surface area contributed by atoms with Crippen molar-refractivity contribution in [1.29, 1.82) is 0 Å². The maximum absolute atomic E-state index is 12.3. The summed E-state index contributed by atoms with van der Waals surface area (Å²) in [6.07, 6.45) is 1.49. The van der Waals surface area contributed by atoms with Gasteiger partial charge in [-0.15, -0.1) is 0 Å². The molecule has 0 radical (unpaired) electrons. The number of rotatable bonds is 9. The molecule has 0 atom stereocenters. The van der Waals surface area contributed by atoms with Gasteiger partial charge in [-0.1, -0.05) is 18.2 Å². The summed E-state index contributed by atoms with van der Waals surface area (Å²) in [5, 5.41) is 8.81. The van der Waals surface area contributed by atoms with Crippen molar-refractivity contribution in [3.63, 3.8) is 0 Å². The number of para-hydroxylation sites is 1. The summed E-state index contributed by atoms with van der Waals surface area (Å²) in [5.74, 6) is -0.139. The van der Waals surface area contributed by atoms with E-state index in [0.717, 1.165) is 0 Å². The highest BCUT2D eigenvalue weighted by molar-refractivity contribution is 6.13. The molecule has 3 rings (SSSR count). The lowest BCUT2D eigenvalue weighted by Crippen LogP contribution is -2.10. The van der Waals surface area contributed by atoms with Gasteiger partial charge in [0.15, 0.2) is 23.8 Å². The Morgan fingerprint density at radius 2 is 1.77 bits per heavy atom. The number of aliphatic carboxylic acids is 1. The van der Waals surface area contributed by atoms with Gasteiger partial charge in [-0.25, -0.2) is 14.6 Å². The lowest BCUT2D eigenvalue weighted by Gasteiger charge is -2.11. The molecule has 0 saturated heterocycles. The molecule has 0 unspecified atom stereocenters. The summed E-state index contributed by atoms with van der Waals surface area (Å²) in [6, 6.07) is 11.9. The first-order chi connectivity index (χ1) is 14.5. The molecular formula is C22H21NO7. The van der Waals surface area contributed by atoms with Gasteiger partial charge in [0, 0.05) is 11.1 Å². The highest BCUT2D eigenvalue weighted by Gasteiger charge is 2.25. The van der Waals surface area contributed by atoms with Gasteiger partial charge in [0.05, 0.1) is 13.2 Å². The van der Waals surface area contributed by atoms with Crippen molar-refractivity contribution in [1.82, 2.24) is 0 Å². The van der Waals surface area contributed by atoms with Crippen molar-refractivity contribution < 1.29 is 33.6 Å². The van der Waals surface area contributed by atoms with Crippen LogP contribution in [-0.2, 0) is 14.3 Å². The van der Waals surface area contributed by atoms with E-state index in [2.05, 4.69) is 4.99 Å². The van der Waals surface area contributed by atoms with Gasteiger partial charge in [0.25, 0.3) is 0 Å². The number of aliphatic imine (C=N–C) groups is 1. The molecule has 1 heterocycles. The predicted molar refractivity (Wildman–Crippen MR) is 109 cm³/mol. The zero-order chi connectivity index (χ0) is 21.5. The van der Waals surface area contributed by atoms with Crippen LogP contribution in [0, 0.1) is 0 Å². The van der Waals surface area contributed by atoms with Crippen LogP contribution in [0.3, 0.4) is 0 Å². The summed E-state index contributed by atoms with van der Waals surface area (Å²) in [5.41, 5.74) is 1.15. The van der Waals surface area contributed by atoms with E-state index in [0.29, 0.717) is 41.6 Å². The molecule has 0 saturated carbocycles. The van der Waals surface area contributed by atoms with E-state index in [-0.39, 0.29) is 11.6 Å². The van der Waals surface area contributed by atoms with Gasteiger partial charge >= 0.3 is 11.9 Å². The fourth-order valence-electron chi connectivity index (χ4n) is 2.73. The summed E-state index contributed by atoms with van der Waals surface area (Å²) >= 11 is 0. The fraction of sp³-hybridized carbons (Fsp3) is 0.227. The van der Waals surface area contributed by atoms with Gasteiger partial charge in [-0.2, -0.15) is 0 Å². The number of carboxylic acid groups (broad SMARTS) is 1. The molecule has 2 aromatic carbocycles. The Labute approximate surface area is 173 Å². The molecule has 8 nitrogen and oxygen atoms in total. The van der Waals surface area contributed by atoms with Crippen LogP contribution in [0.1, 0.15) is 25.0 Å². The number of carbonyl (C=O) groups excluding carboxylic acids is 1. The molecule has 30 heavy (non-hydrogen) atoms. The van der Waals surface area contributed by atoms with Crippen molar-refractivity contribution in [3.8, 4) is 17.2 Å². The van der Waals surface area contributed by atoms with E-state index >= 15 is 0 Å². The minimum atomic E-state index is -1.10. The first-order valence-corrected chi connectivity index (χ1v) is 9.38. The average Bonchev–Trinajstić information content (AvgIpc) is 3.09. The minimum absolute atomic E-state index is 0.0724. The second kappa shape index (κ2) is 9.60. The third-order valence-corrected chi connectivity index (χ3v) is 3.97. The van der Waals surface area contributed by atoms with Crippen molar-refractivity contribution in [2.24, 2.45) is 4.99 Å². The van der Waals surface area contributed by atoms with Crippen LogP contribution in [0.15, 0.2) is 53.2 Å². The van der Waals surface area contributed by atoms with Crippen molar-refractivity contribution in [2.45, 2.75) is 13.8 Å². The third kappa shape index (κ3) is 4.96. The quantitative estimate of drug-likeness (QED) is 0.499. The second-order valence-electron chi connectivity index (χ2n) is 6.08. The average molecular weight is 411 g/mol. The summed E-state index contributed by atoms with van der Waals surface area (Å²) in [4.78, 5) is 27.4. The Kier molecular flexibility index (Phi) is 6.69. The largest absolute Gasteiger partial charge is 0.490 e. The fourth-order valence-corrected chi connectivity index (χ4v) is 2.73. The van der Waals surface area contributed by atoms with Crippen LogP contribution in [-0.4, -0.2) is 42.8 Å². The molecule has 0 aliphatic carbocycles. The van der Waals surface area contributed by atoms with Crippen molar-refractivity contribution in [3.05, 3.63) is 59.3 Å². The number of nitrogens with zero attached hydrogens (tertiary/aromatic N) is 1. The van der Waals surface area contributed by atoms with E-state index < -0.39 is 18.5 Å². The van der Waals surface area contributed by atoms with Crippen LogP contribution in [0.5, 0.6) is 17.2 Å². The molecule has 0 aromatic heterocycles. The number of ether oxygens (including phenoxy) is 4. The summed E-state index contributed by atoms with van der Waals surface area (Å²) in [6.45, 7) is 4.19. The Bertz CT molecular complexity index is 1010. The lowest BCUT2D eigenvalue weighted by molar-refractivity contribution is -0.139. The van der Waals surface area contributed by atoms with E-state index in [1.807, 2.05) is 13.8 Å². The molecular weight excluding hydrogens is 390 g/mol. The Balaban J connectivity index is 1.90. The number of hydrogen-bond donors (Lipinski definition) is 1. The van der Waals surface area contributed by atoms with Crippen LogP contribution < -0.4 is 14.2 Å².